The predicted octanol–water partition coefficient (Wildman–Crippen LogP) is 2.73. The highest BCUT2D eigenvalue weighted by molar-refractivity contribution is 6.40. The molecule has 188 valence electrons. The van der Waals surface area contributed by atoms with Crippen LogP contribution in [0.5, 0.6) is 0 Å². The maximum absolute atomic E-state index is 12.7. The largest absolute Gasteiger partial charge is 0.354 e. The summed E-state index contributed by atoms with van der Waals surface area (Å²) in [4.78, 5) is 40.6. The van der Waals surface area contributed by atoms with E-state index in [-0.39, 0.29) is 6.04 Å². The first kappa shape index (κ1) is 23.0. The number of nitrogens with one attached hydrogen (secondary N) is 3. The van der Waals surface area contributed by atoms with Gasteiger partial charge in [-0.1, -0.05) is 6.92 Å². The fourth-order valence-corrected chi connectivity index (χ4v) is 5.01. The molecule has 2 aliphatic rings. The molecule has 0 aromatic carbocycles. The molecule has 6 rings (SSSR count). The second kappa shape index (κ2) is 9.20. The molecular formula is C26H27N9O2. The summed E-state index contributed by atoms with van der Waals surface area (Å²) in [6, 6.07) is 7.69. The number of piperidine rings is 1. The molecule has 1 aliphatic carbocycles. The van der Waals surface area contributed by atoms with Crippen molar-refractivity contribution in [3.8, 4) is 6.07 Å². The van der Waals surface area contributed by atoms with E-state index in [4.69, 9.17) is 5.26 Å². The second-order valence-electron chi connectivity index (χ2n) is 9.96. The molecular weight excluding hydrogens is 470 g/mol. The first-order valence-corrected chi connectivity index (χ1v) is 12.6. The van der Waals surface area contributed by atoms with Crippen LogP contribution in [0.25, 0.3) is 21.9 Å². The number of carbonyl (C=O) groups excluding carboxylic acids is 2. The number of hydrogen-bond acceptors (Lipinski definition) is 7. The van der Waals surface area contributed by atoms with Crippen molar-refractivity contribution in [3.63, 3.8) is 0 Å². The third-order valence-corrected chi connectivity index (χ3v) is 7.39. The maximum Gasteiger partial charge on any atom is 0.314 e. The monoisotopic (exact) mass is 497 g/mol. The van der Waals surface area contributed by atoms with Gasteiger partial charge in [-0.2, -0.15) is 5.26 Å². The molecule has 3 N–H and O–H groups in total. The Morgan fingerprint density at radius 1 is 1.11 bits per heavy atom. The number of fused-ring (bicyclic) bond motifs is 3. The lowest BCUT2D eigenvalue weighted by molar-refractivity contribution is -0.136. The first-order chi connectivity index (χ1) is 18.0. The normalized spacial score (nSPS) is 19.6. The van der Waals surface area contributed by atoms with Gasteiger partial charge in [-0.15, -0.1) is 0 Å². The number of nitriles is 1. The Hall–Kier alpha value is -4.46. The topological polar surface area (TPSA) is 145 Å². The quantitative estimate of drug-likeness (QED) is 0.360. The summed E-state index contributed by atoms with van der Waals surface area (Å²) < 4.78 is 2.07. The standard InChI is InChI=1S/C26H27N9O2/c1-15-7-9-34(21-5-4-17(10-27)12-29-21)14-20(15)35-22-18-6-8-28-23(18)30-13-19(22)24(33-35)32-26(37)25(36)31-11-16-2-3-16/h4-6,8,12-13,15-16,20,33H,2-3,7,9,11,14H2,1H3,(H,31,36)(H,32,37)/t15-,20+/m1/s1. The number of carbonyl (C=O) groups is 2. The van der Waals surface area contributed by atoms with Crippen molar-refractivity contribution in [1.29, 1.82) is 5.26 Å². The average Bonchev–Trinajstić information content (AvgIpc) is 3.50. The minimum absolute atomic E-state index is 0.0172. The summed E-state index contributed by atoms with van der Waals surface area (Å²) in [5, 5.41) is 19.6. The summed E-state index contributed by atoms with van der Waals surface area (Å²) >= 11 is 0. The molecule has 2 atom stereocenters. The lowest BCUT2D eigenvalue weighted by atomic mass is 9.93. The van der Waals surface area contributed by atoms with E-state index in [1.54, 1.807) is 24.7 Å². The Kier molecular flexibility index (Phi) is 5.71. The summed E-state index contributed by atoms with van der Waals surface area (Å²) in [6.07, 6.45) is 8.10. The molecule has 37 heavy (non-hydrogen) atoms. The number of aromatic nitrogens is 5. The van der Waals surface area contributed by atoms with Crippen LogP contribution in [0.15, 0.2) is 36.8 Å². The maximum atomic E-state index is 12.7. The molecule has 1 aliphatic heterocycles. The van der Waals surface area contributed by atoms with E-state index in [0.29, 0.717) is 47.3 Å². The van der Waals surface area contributed by atoms with Crippen molar-refractivity contribution in [1.82, 2.24) is 30.0 Å². The van der Waals surface area contributed by atoms with Crippen molar-refractivity contribution in [3.05, 3.63) is 42.4 Å². The van der Waals surface area contributed by atoms with Gasteiger partial charge in [-0.3, -0.25) is 19.4 Å². The van der Waals surface area contributed by atoms with E-state index in [1.165, 1.54) is 0 Å². The third-order valence-electron chi connectivity index (χ3n) is 7.39. The summed E-state index contributed by atoms with van der Waals surface area (Å²) in [6.45, 7) is 4.25. The summed E-state index contributed by atoms with van der Waals surface area (Å²) in [5.41, 5.74) is 2.02. The van der Waals surface area contributed by atoms with Crippen LogP contribution in [0.3, 0.4) is 0 Å². The molecule has 0 spiro atoms. The Morgan fingerprint density at radius 2 is 1.97 bits per heavy atom. The van der Waals surface area contributed by atoms with Crippen LogP contribution in [0.2, 0.25) is 0 Å². The van der Waals surface area contributed by atoms with Gasteiger partial charge in [-0.05, 0) is 49.3 Å². The van der Waals surface area contributed by atoms with Crippen LogP contribution in [0.1, 0.15) is 37.8 Å². The second-order valence-corrected chi connectivity index (χ2v) is 9.96. The van der Waals surface area contributed by atoms with Crippen LogP contribution in [-0.4, -0.2) is 56.2 Å². The molecule has 4 aromatic heterocycles. The SMILES string of the molecule is C[C@@H]1CCN(c2ccc(C#N)cn2)C[C@@H]1n1[nH]c(NC(=O)C(=O)NCC2CC2)c2cnc3nccc3c21. The van der Waals surface area contributed by atoms with Crippen molar-refractivity contribution < 1.29 is 9.59 Å². The van der Waals surface area contributed by atoms with E-state index in [0.717, 1.165) is 42.5 Å². The molecule has 1 saturated carbocycles. The minimum Gasteiger partial charge on any atom is -0.354 e. The van der Waals surface area contributed by atoms with Gasteiger partial charge < -0.3 is 15.5 Å². The van der Waals surface area contributed by atoms with Gasteiger partial charge in [0, 0.05) is 43.6 Å². The van der Waals surface area contributed by atoms with Gasteiger partial charge in [-0.25, -0.2) is 15.0 Å². The number of anilines is 2. The first-order valence-electron chi connectivity index (χ1n) is 12.6. The zero-order valence-electron chi connectivity index (χ0n) is 20.4. The Morgan fingerprint density at radius 3 is 2.73 bits per heavy atom. The van der Waals surface area contributed by atoms with E-state index < -0.39 is 11.8 Å². The number of pyridine rings is 2. The lowest BCUT2D eigenvalue weighted by Crippen LogP contribution is -2.41. The van der Waals surface area contributed by atoms with Crippen molar-refractivity contribution in [2.24, 2.45) is 11.8 Å². The van der Waals surface area contributed by atoms with Crippen LogP contribution in [-0.2, 0) is 9.59 Å². The van der Waals surface area contributed by atoms with E-state index in [9.17, 15) is 9.59 Å². The Balaban J connectivity index is 1.35. The number of rotatable bonds is 5. The smallest absolute Gasteiger partial charge is 0.314 e. The molecule has 2 amide bonds. The molecule has 5 heterocycles. The Bertz CT molecular complexity index is 1530. The third kappa shape index (κ3) is 4.35. The number of amides is 2. The molecule has 0 bridgehead atoms. The van der Waals surface area contributed by atoms with Crippen molar-refractivity contribution in [2.45, 2.75) is 32.2 Å². The number of nitrogens with zero attached hydrogens (tertiary/aromatic N) is 6. The molecule has 0 unspecified atom stereocenters. The van der Waals surface area contributed by atoms with E-state index in [2.05, 4.69) is 53.3 Å². The van der Waals surface area contributed by atoms with Crippen LogP contribution < -0.4 is 15.5 Å². The zero-order chi connectivity index (χ0) is 25.5. The number of aromatic amines is 1. The highest BCUT2D eigenvalue weighted by atomic mass is 16.2. The van der Waals surface area contributed by atoms with Crippen LogP contribution >= 0.6 is 0 Å². The average molecular weight is 498 g/mol. The van der Waals surface area contributed by atoms with Gasteiger partial charge in [0.2, 0.25) is 0 Å². The highest BCUT2D eigenvalue weighted by Gasteiger charge is 2.31. The van der Waals surface area contributed by atoms with Gasteiger partial charge in [0.1, 0.15) is 17.7 Å². The van der Waals surface area contributed by atoms with E-state index in [1.807, 2.05) is 12.1 Å². The van der Waals surface area contributed by atoms with Crippen molar-refractivity contribution >= 4 is 45.4 Å². The summed E-state index contributed by atoms with van der Waals surface area (Å²) in [5.74, 6) is 0.686. The number of hydrogen-bond donors (Lipinski definition) is 3. The highest BCUT2D eigenvalue weighted by Crippen LogP contribution is 2.36. The van der Waals surface area contributed by atoms with Crippen LogP contribution in [0, 0.1) is 23.2 Å². The molecule has 2 fully saturated rings. The Labute approximate surface area is 212 Å². The van der Waals surface area contributed by atoms with Crippen LogP contribution in [0.4, 0.5) is 11.6 Å². The molecule has 11 heteroatoms. The van der Waals surface area contributed by atoms with Crippen molar-refractivity contribution in [2.75, 3.05) is 29.9 Å². The van der Waals surface area contributed by atoms with E-state index >= 15 is 0 Å². The summed E-state index contributed by atoms with van der Waals surface area (Å²) in [7, 11) is 0. The zero-order valence-corrected chi connectivity index (χ0v) is 20.4. The fourth-order valence-electron chi connectivity index (χ4n) is 5.01. The molecule has 0 radical (unpaired) electrons. The van der Waals surface area contributed by atoms with Gasteiger partial charge in [0.05, 0.1) is 22.5 Å². The predicted molar refractivity (Wildman–Crippen MR) is 138 cm³/mol. The lowest BCUT2D eigenvalue weighted by Gasteiger charge is -2.38. The minimum atomic E-state index is -0.711. The number of H-pyrrole nitrogens is 1. The van der Waals surface area contributed by atoms with Gasteiger partial charge >= 0.3 is 11.8 Å². The molecule has 4 aromatic rings. The fraction of sp³-hybridized carbons (Fsp3) is 0.385. The van der Waals surface area contributed by atoms with Gasteiger partial charge in [0.25, 0.3) is 0 Å². The van der Waals surface area contributed by atoms with Gasteiger partial charge in [0.15, 0.2) is 5.65 Å². The molecule has 11 nitrogen and oxygen atoms in total. The molecule has 1 saturated heterocycles.